The van der Waals surface area contributed by atoms with Crippen molar-refractivity contribution < 1.29 is 39.6 Å². The first-order valence-corrected chi connectivity index (χ1v) is 32.8. The lowest BCUT2D eigenvalue weighted by molar-refractivity contribution is -0.535. The van der Waals surface area contributed by atoms with Gasteiger partial charge in [-0.2, -0.15) is 10.5 Å². The minimum absolute atomic E-state index is 0.0537. The third-order valence-corrected chi connectivity index (χ3v) is 19.3. The van der Waals surface area contributed by atoms with Crippen LogP contribution in [0, 0.1) is 57.6 Å². The van der Waals surface area contributed by atoms with E-state index >= 15 is 21.9 Å². The van der Waals surface area contributed by atoms with Gasteiger partial charge in [-0.3, -0.25) is 13.3 Å². The molecule has 0 unspecified atom stereocenters. The summed E-state index contributed by atoms with van der Waals surface area (Å²) < 4.78 is 117. The maximum atomic E-state index is 17.5. The van der Waals surface area contributed by atoms with Crippen molar-refractivity contribution >= 4 is 115 Å². The topological polar surface area (TPSA) is 96.4 Å². The number of aromatic nitrogens is 4. The molecule has 2 aliphatic rings. The van der Waals surface area contributed by atoms with E-state index in [9.17, 15) is 19.3 Å². The van der Waals surface area contributed by atoms with Crippen LogP contribution >= 0.6 is 0 Å². The fourth-order valence-corrected chi connectivity index (χ4v) is 14.6. The average molecular weight is 1350 g/mol. The van der Waals surface area contributed by atoms with E-state index in [1.807, 2.05) is 228 Å². The van der Waals surface area contributed by atoms with Crippen molar-refractivity contribution in [3.63, 3.8) is 0 Å². The Morgan fingerprint density at radius 1 is 0.408 bits per heavy atom. The van der Waals surface area contributed by atoms with Crippen molar-refractivity contribution in [3.05, 3.63) is 336 Å². The van der Waals surface area contributed by atoms with E-state index in [4.69, 9.17) is 9.98 Å². The molecule has 16 aromatic rings. The first-order valence-electron chi connectivity index (χ1n) is 32.8. The van der Waals surface area contributed by atoms with Crippen LogP contribution in [0.15, 0.2) is 289 Å². The van der Waals surface area contributed by atoms with Crippen molar-refractivity contribution in [1.29, 1.82) is 10.5 Å². The van der Waals surface area contributed by atoms with E-state index in [0.29, 0.717) is 85.4 Å². The summed E-state index contributed by atoms with van der Waals surface area (Å²) in [7, 11) is -0.0619. The molecule has 0 saturated carbocycles. The highest BCUT2D eigenvalue weighted by Gasteiger charge is 2.43. The molecule has 1 radical (unpaired) electrons. The second-order valence-corrected chi connectivity index (χ2v) is 25.1. The van der Waals surface area contributed by atoms with Gasteiger partial charge in [0.2, 0.25) is 11.0 Å². The van der Waals surface area contributed by atoms with Crippen LogP contribution in [0.4, 0.5) is 76.4 Å². The number of fused-ring (bicyclic) bond motifs is 8. The smallest absolute Gasteiger partial charge is 0.311 e. The van der Waals surface area contributed by atoms with E-state index in [-0.39, 0.29) is 39.4 Å². The summed E-state index contributed by atoms with van der Waals surface area (Å²) in [6.07, 6.45) is 3.40. The molecule has 0 aliphatic carbocycles. The Morgan fingerprint density at radius 2 is 0.806 bits per heavy atom. The molecule has 0 N–H and O–H groups in total. The second kappa shape index (κ2) is 24.4. The normalized spacial score (nSPS) is 12.4. The van der Waals surface area contributed by atoms with Crippen molar-refractivity contribution in [2.75, 3.05) is 9.80 Å². The lowest BCUT2D eigenvalue weighted by Crippen LogP contribution is -2.58. The van der Waals surface area contributed by atoms with E-state index in [1.54, 1.807) is 47.1 Å². The lowest BCUT2D eigenvalue weighted by Gasteiger charge is -2.26. The average Bonchev–Trinajstić information content (AvgIpc) is 1.59. The number of hydrogen-bond acceptors (Lipinski definition) is 6. The Balaban J connectivity index is 0.656. The number of nitrogens with zero attached hydrogens (tertiary/aromatic N) is 10. The maximum absolute atomic E-state index is 17.5. The molecule has 0 saturated heterocycles. The van der Waals surface area contributed by atoms with Gasteiger partial charge in [-0.1, -0.05) is 133 Å². The van der Waals surface area contributed by atoms with Crippen molar-refractivity contribution in [3.8, 4) is 56.6 Å². The van der Waals surface area contributed by atoms with Gasteiger partial charge in [0.05, 0.1) is 56.6 Å². The zero-order chi connectivity index (χ0) is 69.9. The fraction of sp³-hybridized carbons (Fsp3) is 0. The van der Waals surface area contributed by atoms with Gasteiger partial charge in [0.15, 0.2) is 0 Å². The molecule has 485 valence electrons. The summed E-state index contributed by atoms with van der Waals surface area (Å²) in [6, 6.07) is 82.3. The van der Waals surface area contributed by atoms with Crippen LogP contribution in [-0.4, -0.2) is 23.8 Å². The quantitative estimate of drug-likeness (QED) is 0.0527. The van der Waals surface area contributed by atoms with E-state index in [0.717, 1.165) is 55.2 Å². The number of rotatable bonds is 12. The molecule has 0 spiro atoms. The molecule has 0 amide bonds. The van der Waals surface area contributed by atoms with Crippen LogP contribution in [-0.2, 0) is 0 Å². The zero-order valence-corrected chi connectivity index (χ0v) is 53.8. The second-order valence-electron chi connectivity index (χ2n) is 25.1. The monoisotopic (exact) mass is 1350 g/mol. The van der Waals surface area contributed by atoms with Crippen LogP contribution in [0.1, 0.15) is 11.1 Å². The molecule has 0 bridgehead atoms. The highest BCUT2D eigenvalue weighted by Crippen LogP contribution is 2.44. The van der Waals surface area contributed by atoms with E-state index in [1.165, 1.54) is 15.0 Å². The molecule has 103 heavy (non-hydrogen) atoms. The number of allylic oxidation sites excluding steroid dienone is 2. The number of nitriles is 2. The molecule has 12 aromatic carbocycles. The van der Waals surface area contributed by atoms with Crippen LogP contribution in [0.5, 0.6) is 0 Å². The zero-order valence-electron chi connectivity index (χ0n) is 53.8. The Kier molecular flexibility index (Phi) is 14.6. The van der Waals surface area contributed by atoms with Crippen molar-refractivity contribution in [2.45, 2.75) is 0 Å². The van der Waals surface area contributed by atoms with E-state index < -0.39 is 53.3 Å². The number of anilines is 6. The summed E-state index contributed by atoms with van der Waals surface area (Å²) in [5.74, 6) is -6.43. The molecule has 10 nitrogen and oxygen atoms in total. The maximum Gasteiger partial charge on any atom is 0.727 e. The first kappa shape index (κ1) is 61.7. The summed E-state index contributed by atoms with van der Waals surface area (Å²) in [5.41, 5.74) is 9.41. The SMILES string of the molecule is N#C/C(=C(/C#N)c1ccc(N(c2ccccc2)c2ccc(-c3cc(-c4c(F)cc(F)cc4F)c4[n+](c3)B(F)n3c(c5cccc6cccc3c65)=N4)cc2)cc1)c1ccc(N(c2ccccc2)c2ccc(-c3cc(-c4c(F)cc(F)cc4F)c4[n+](c3)[B]n3c(c5cccc6cccc3c65)=N4)cc2)cc1. The van der Waals surface area contributed by atoms with Crippen molar-refractivity contribution in [1.82, 2.24) is 8.96 Å². The van der Waals surface area contributed by atoms with Gasteiger partial charge in [-0.15, -0.1) is 0 Å². The lowest BCUT2D eigenvalue weighted by atomic mass is 9.94. The molecule has 2 aliphatic heterocycles. The first-order chi connectivity index (χ1) is 50.4. The van der Waals surface area contributed by atoms with Gasteiger partial charge in [0, 0.05) is 91.3 Å². The number of benzene rings is 12. The Bertz CT molecular complexity index is 6400. The summed E-state index contributed by atoms with van der Waals surface area (Å²) in [4.78, 5) is 14.0. The van der Waals surface area contributed by atoms with Gasteiger partial charge in [0.25, 0.3) is 0 Å². The predicted octanol–water partition coefficient (Wildman–Crippen LogP) is 19.1. The third-order valence-electron chi connectivity index (χ3n) is 19.3. The molecular formula is C84H46B2F7N10+2. The van der Waals surface area contributed by atoms with Gasteiger partial charge < -0.3 is 14.3 Å². The highest BCUT2D eigenvalue weighted by atomic mass is 19.2. The minimum Gasteiger partial charge on any atom is -0.311 e. The van der Waals surface area contributed by atoms with Crippen LogP contribution in [0.3, 0.4) is 0 Å². The Hall–Kier alpha value is -13.6. The number of halogens is 7. The Morgan fingerprint density at radius 3 is 1.28 bits per heavy atom. The molecule has 0 fully saturated rings. The standard InChI is InChI=1S/C84H46B2F7N10/c87-57-41-71(89)79(72(90)42-57)67-39-55(47-98-81(67)96-83-65-19-7-11-53-13-9-21-75(77(53)65)102(83)85-98)49-23-31-61(32-24-49)100(59-15-3-1-4-16-59)63-35-27-51(28-36-63)69(45-94)70(46-95)52-29-37-64(38-30-52)101(60-17-5-2-6-18-60)62-33-25-50(26-34-62)56-40-68(80-73(91)43-58(88)44-74(80)92)82-97-84-66-20-8-12-54-14-10-22-76(78(54)66)103(84)86(93)99(82)48-56/h1-44,47-48H/q+2/b70-69+. The summed E-state index contributed by atoms with van der Waals surface area (Å²) >= 11 is 0. The number of hydrogen-bond donors (Lipinski definition) is 0. The van der Waals surface area contributed by atoms with Gasteiger partial charge in [-0.05, 0) is 152 Å². The highest BCUT2D eigenvalue weighted by molar-refractivity contribution is 6.42. The molecule has 18 rings (SSSR count). The van der Waals surface area contributed by atoms with Crippen molar-refractivity contribution in [2.24, 2.45) is 9.98 Å². The van der Waals surface area contributed by atoms with Crippen LogP contribution < -0.4 is 29.7 Å². The molecule has 0 atom stereocenters. The van der Waals surface area contributed by atoms with Gasteiger partial charge in [0.1, 0.15) is 47.0 Å². The molecular weight excluding hydrogens is 1300 g/mol. The van der Waals surface area contributed by atoms with Crippen LogP contribution in [0.25, 0.3) is 99.0 Å². The number of para-hydroxylation sites is 2. The fourth-order valence-electron chi connectivity index (χ4n) is 14.6. The van der Waals surface area contributed by atoms with Gasteiger partial charge >= 0.3 is 26.4 Å². The summed E-state index contributed by atoms with van der Waals surface area (Å²) in [6.45, 7) is 0. The number of pyridine rings is 2. The molecule has 19 heteroatoms. The molecule has 4 aromatic heterocycles. The summed E-state index contributed by atoms with van der Waals surface area (Å²) in [5, 5.41) is 27.0. The van der Waals surface area contributed by atoms with Gasteiger partial charge in [-0.25, -0.2) is 30.8 Å². The van der Waals surface area contributed by atoms with E-state index in [2.05, 4.69) is 12.1 Å². The largest absolute Gasteiger partial charge is 0.727 e. The Labute approximate surface area is 583 Å². The molecule has 6 heterocycles. The third kappa shape index (κ3) is 10.2. The predicted molar refractivity (Wildman–Crippen MR) is 388 cm³/mol. The van der Waals surface area contributed by atoms with Crippen LogP contribution in [0.2, 0.25) is 0 Å². The minimum atomic E-state index is -1.90.